The number of halogens is 2. The minimum absolute atomic E-state index is 0.0138. The predicted molar refractivity (Wildman–Crippen MR) is 139 cm³/mol. The molecular weight excluding hydrogens is 469 g/mol. The molecule has 1 amide bonds. The van der Waals surface area contributed by atoms with Gasteiger partial charge < -0.3 is 19.7 Å². The highest BCUT2D eigenvalue weighted by Crippen LogP contribution is 2.32. The van der Waals surface area contributed by atoms with Crippen molar-refractivity contribution in [2.24, 2.45) is 0 Å². The third-order valence-electron chi connectivity index (χ3n) is 7.27. The number of aromatic nitrogens is 2. The number of anilines is 1. The zero-order valence-electron chi connectivity index (χ0n) is 19.7. The number of benzene rings is 2. The van der Waals surface area contributed by atoms with E-state index in [9.17, 15) is 4.79 Å². The van der Waals surface area contributed by atoms with Gasteiger partial charge in [-0.2, -0.15) is 0 Å². The normalized spacial score (nSPS) is 22.2. The number of nitrogens with zero attached hydrogens (tertiary/aromatic N) is 4. The molecule has 5 rings (SSSR count). The van der Waals surface area contributed by atoms with Gasteiger partial charge in [0.2, 0.25) is 5.91 Å². The zero-order chi connectivity index (χ0) is 23.8. The highest BCUT2D eigenvalue weighted by atomic mass is 35.5. The summed E-state index contributed by atoms with van der Waals surface area (Å²) in [5.74, 6) is 0.258. The molecule has 0 bridgehead atoms. The molecule has 34 heavy (non-hydrogen) atoms. The molecule has 0 aliphatic carbocycles. The van der Waals surface area contributed by atoms with E-state index in [1.807, 2.05) is 23.4 Å². The number of rotatable bonds is 4. The van der Waals surface area contributed by atoms with Gasteiger partial charge in [0, 0.05) is 41.4 Å². The van der Waals surface area contributed by atoms with Crippen LogP contribution in [-0.4, -0.2) is 58.6 Å². The summed E-state index contributed by atoms with van der Waals surface area (Å²) in [7, 11) is 0. The highest BCUT2D eigenvalue weighted by molar-refractivity contribution is 6.35. The Bertz CT molecular complexity index is 1190. The third kappa shape index (κ3) is 4.51. The molecule has 8 heteroatoms. The Labute approximate surface area is 210 Å². The molecule has 1 unspecified atom stereocenters. The first kappa shape index (κ1) is 23.5. The lowest BCUT2D eigenvalue weighted by molar-refractivity contribution is -0.134. The predicted octanol–water partition coefficient (Wildman–Crippen LogP) is 5.13. The first-order chi connectivity index (χ1) is 16.4. The lowest BCUT2D eigenvalue weighted by atomic mass is 10.0. The second-order valence-corrected chi connectivity index (χ2v) is 10.3. The van der Waals surface area contributed by atoms with Crippen LogP contribution in [0.1, 0.15) is 44.7 Å². The molecule has 2 aliphatic heterocycles. The van der Waals surface area contributed by atoms with Crippen molar-refractivity contribution in [1.82, 2.24) is 19.8 Å². The standard InChI is InChI=1S/C26H31Cl2N5O/c1-17-15-31(26(34)24-5-3-4-10-29-24)11-12-32(17)20-7-9-23-25(14-20)33(16-30-23)18(2)21-8-6-19(27)13-22(21)28/h6-9,13-14,16-18,24,29H,3-5,10-12,15H2,1-2H3/t17-,18-,24?/m1/s1. The lowest BCUT2D eigenvalue weighted by Crippen LogP contribution is -2.58. The van der Waals surface area contributed by atoms with E-state index in [0.717, 1.165) is 67.7 Å². The van der Waals surface area contributed by atoms with Crippen LogP contribution in [0.4, 0.5) is 5.69 Å². The van der Waals surface area contributed by atoms with Crippen molar-refractivity contribution in [3.05, 3.63) is 58.3 Å². The molecule has 0 saturated carbocycles. The van der Waals surface area contributed by atoms with Gasteiger partial charge in [0.15, 0.2) is 0 Å². The van der Waals surface area contributed by atoms with E-state index >= 15 is 0 Å². The number of amides is 1. The molecule has 2 aromatic carbocycles. The number of hydrogen-bond acceptors (Lipinski definition) is 4. The quantitative estimate of drug-likeness (QED) is 0.540. The minimum atomic E-state index is -0.0145. The largest absolute Gasteiger partial charge is 0.365 e. The molecule has 2 saturated heterocycles. The Balaban J connectivity index is 1.36. The van der Waals surface area contributed by atoms with E-state index in [2.05, 4.69) is 51.8 Å². The van der Waals surface area contributed by atoms with Crippen LogP contribution in [0.2, 0.25) is 10.0 Å². The Hall–Kier alpha value is -2.28. The lowest BCUT2D eigenvalue weighted by Gasteiger charge is -2.42. The van der Waals surface area contributed by atoms with Gasteiger partial charge >= 0.3 is 0 Å². The first-order valence-electron chi connectivity index (χ1n) is 12.1. The molecular formula is C26H31Cl2N5O. The van der Waals surface area contributed by atoms with Crippen molar-refractivity contribution >= 4 is 45.8 Å². The van der Waals surface area contributed by atoms with E-state index in [0.29, 0.717) is 10.0 Å². The van der Waals surface area contributed by atoms with Crippen molar-refractivity contribution in [2.75, 3.05) is 31.1 Å². The average molecular weight is 500 g/mol. The summed E-state index contributed by atoms with van der Waals surface area (Å²) in [6.45, 7) is 7.57. The molecule has 6 nitrogen and oxygen atoms in total. The molecule has 0 spiro atoms. The minimum Gasteiger partial charge on any atom is -0.365 e. The summed E-state index contributed by atoms with van der Waals surface area (Å²) >= 11 is 12.6. The molecule has 180 valence electrons. The van der Waals surface area contributed by atoms with E-state index in [1.165, 1.54) is 0 Å². The smallest absolute Gasteiger partial charge is 0.239 e. The van der Waals surface area contributed by atoms with Crippen LogP contribution in [-0.2, 0) is 4.79 Å². The van der Waals surface area contributed by atoms with Crippen LogP contribution in [0.3, 0.4) is 0 Å². The maximum Gasteiger partial charge on any atom is 0.239 e. The third-order valence-corrected chi connectivity index (χ3v) is 7.83. The highest BCUT2D eigenvalue weighted by Gasteiger charge is 2.31. The molecule has 3 aromatic rings. The molecule has 2 fully saturated rings. The molecule has 3 atom stereocenters. The van der Waals surface area contributed by atoms with Crippen molar-refractivity contribution in [1.29, 1.82) is 0 Å². The first-order valence-corrected chi connectivity index (χ1v) is 12.9. The monoisotopic (exact) mass is 499 g/mol. The van der Waals surface area contributed by atoms with Crippen LogP contribution >= 0.6 is 23.2 Å². The van der Waals surface area contributed by atoms with Gasteiger partial charge in [0.1, 0.15) is 0 Å². The number of carbonyl (C=O) groups is 1. The summed E-state index contributed by atoms with van der Waals surface area (Å²) < 4.78 is 2.16. The number of fused-ring (bicyclic) bond motifs is 1. The molecule has 1 aromatic heterocycles. The van der Waals surface area contributed by atoms with E-state index in [1.54, 1.807) is 6.07 Å². The van der Waals surface area contributed by atoms with Crippen LogP contribution in [0.15, 0.2) is 42.7 Å². The topological polar surface area (TPSA) is 53.4 Å². The average Bonchev–Trinajstić information content (AvgIpc) is 3.27. The summed E-state index contributed by atoms with van der Waals surface area (Å²) in [5, 5.41) is 4.68. The zero-order valence-corrected chi connectivity index (χ0v) is 21.2. The van der Waals surface area contributed by atoms with E-state index in [-0.39, 0.29) is 24.0 Å². The molecule has 0 radical (unpaired) electrons. The summed E-state index contributed by atoms with van der Waals surface area (Å²) in [6, 6.07) is 12.3. The van der Waals surface area contributed by atoms with Gasteiger partial charge in [-0.25, -0.2) is 4.98 Å². The van der Waals surface area contributed by atoms with Gasteiger partial charge in [0.25, 0.3) is 0 Å². The fraction of sp³-hybridized carbons (Fsp3) is 0.462. The Kier molecular flexibility index (Phi) is 6.74. The van der Waals surface area contributed by atoms with Gasteiger partial charge in [-0.1, -0.05) is 35.7 Å². The second-order valence-electron chi connectivity index (χ2n) is 9.50. The summed E-state index contributed by atoms with van der Waals surface area (Å²) in [5.41, 5.74) is 4.17. The number of piperazine rings is 1. The fourth-order valence-electron chi connectivity index (χ4n) is 5.32. The number of carbonyl (C=O) groups excluding carboxylic acids is 1. The molecule has 3 heterocycles. The van der Waals surface area contributed by atoms with Crippen molar-refractivity contribution in [3.63, 3.8) is 0 Å². The number of piperidine rings is 1. The molecule has 2 aliphatic rings. The Morgan fingerprint density at radius 2 is 2.00 bits per heavy atom. The Morgan fingerprint density at radius 3 is 2.74 bits per heavy atom. The van der Waals surface area contributed by atoms with Crippen molar-refractivity contribution in [2.45, 2.75) is 51.2 Å². The van der Waals surface area contributed by atoms with Gasteiger partial charge in [-0.3, -0.25) is 4.79 Å². The van der Waals surface area contributed by atoms with Crippen LogP contribution in [0.25, 0.3) is 11.0 Å². The SMILES string of the molecule is C[C@@H]1CN(C(=O)C2CCCCN2)CCN1c1ccc2ncn([C@H](C)c3ccc(Cl)cc3Cl)c2c1. The van der Waals surface area contributed by atoms with Gasteiger partial charge in [-0.15, -0.1) is 0 Å². The number of imidazole rings is 1. The van der Waals surface area contributed by atoms with Crippen LogP contribution in [0, 0.1) is 0 Å². The van der Waals surface area contributed by atoms with Gasteiger partial charge in [-0.05, 0) is 69.1 Å². The van der Waals surface area contributed by atoms with Crippen LogP contribution in [0.5, 0.6) is 0 Å². The fourth-order valence-corrected chi connectivity index (χ4v) is 5.88. The van der Waals surface area contributed by atoms with Crippen molar-refractivity contribution < 1.29 is 4.79 Å². The van der Waals surface area contributed by atoms with E-state index in [4.69, 9.17) is 23.2 Å². The Morgan fingerprint density at radius 1 is 1.15 bits per heavy atom. The van der Waals surface area contributed by atoms with Crippen molar-refractivity contribution in [3.8, 4) is 0 Å². The van der Waals surface area contributed by atoms with E-state index < -0.39 is 0 Å². The second kappa shape index (κ2) is 9.76. The molecule has 1 N–H and O–H groups in total. The summed E-state index contributed by atoms with van der Waals surface area (Å²) in [4.78, 5) is 22.1. The summed E-state index contributed by atoms with van der Waals surface area (Å²) in [6.07, 6.45) is 5.12. The van der Waals surface area contributed by atoms with Gasteiger partial charge in [0.05, 0.1) is 29.4 Å². The number of nitrogens with one attached hydrogen (secondary N) is 1. The maximum atomic E-state index is 13.0. The number of hydrogen-bond donors (Lipinski definition) is 1. The maximum absolute atomic E-state index is 13.0. The van der Waals surface area contributed by atoms with Crippen LogP contribution < -0.4 is 10.2 Å².